The first-order valence-electron chi connectivity index (χ1n) is 11.8. The molecule has 0 atom stereocenters. The molecule has 1 saturated heterocycles. The Morgan fingerprint density at radius 1 is 0.861 bits per heavy atom. The van der Waals surface area contributed by atoms with Crippen molar-refractivity contribution in [2.75, 3.05) is 16.3 Å². The molecule has 3 aromatic rings. The molecule has 5 nitrogen and oxygen atoms in total. The Morgan fingerprint density at radius 3 is 2.25 bits per heavy atom. The van der Waals surface area contributed by atoms with E-state index < -0.39 is 0 Å². The van der Waals surface area contributed by atoms with E-state index in [1.807, 2.05) is 76.2 Å². The van der Waals surface area contributed by atoms with Gasteiger partial charge in [0.2, 0.25) is 0 Å². The second kappa shape index (κ2) is 9.28. The summed E-state index contributed by atoms with van der Waals surface area (Å²) in [5, 5.41) is 0.536. The Labute approximate surface area is 215 Å². The number of hydrogen-bond donors (Lipinski definition) is 0. The van der Waals surface area contributed by atoms with E-state index in [-0.39, 0.29) is 11.8 Å². The highest BCUT2D eigenvalue weighted by Gasteiger charge is 2.43. The van der Waals surface area contributed by atoms with Gasteiger partial charge in [0.15, 0.2) is 5.17 Å². The predicted molar refractivity (Wildman–Crippen MR) is 150 cm³/mol. The van der Waals surface area contributed by atoms with Crippen LogP contribution in [0.1, 0.15) is 27.8 Å². The third-order valence-corrected chi connectivity index (χ3v) is 7.44. The number of carbonyl (C=O) groups excluding carboxylic acids is 2. The molecule has 2 aliphatic heterocycles. The average molecular weight is 494 g/mol. The summed E-state index contributed by atoms with van der Waals surface area (Å²) in [5.74, 6) is -0.436. The molecule has 3 aromatic carbocycles. The molecule has 0 N–H and O–H groups in total. The van der Waals surface area contributed by atoms with Gasteiger partial charge in [0.25, 0.3) is 11.8 Å². The minimum Gasteiger partial charge on any atom is -0.304 e. The first kappa shape index (κ1) is 23.8. The molecule has 0 saturated carbocycles. The molecule has 2 heterocycles. The summed E-state index contributed by atoms with van der Waals surface area (Å²) in [7, 11) is 0. The minimum absolute atomic E-state index is 0.194. The number of amides is 2. The van der Waals surface area contributed by atoms with Gasteiger partial charge in [-0.25, -0.2) is 4.99 Å². The van der Waals surface area contributed by atoms with Gasteiger partial charge in [-0.1, -0.05) is 59.7 Å². The van der Waals surface area contributed by atoms with Crippen molar-refractivity contribution in [3.63, 3.8) is 0 Å². The van der Waals surface area contributed by atoms with E-state index in [9.17, 15) is 9.59 Å². The first-order chi connectivity index (χ1) is 17.3. The van der Waals surface area contributed by atoms with Crippen molar-refractivity contribution in [2.24, 2.45) is 4.99 Å². The lowest BCUT2D eigenvalue weighted by molar-refractivity contribution is -0.115. The van der Waals surface area contributed by atoms with Crippen molar-refractivity contribution >= 4 is 51.4 Å². The molecule has 36 heavy (non-hydrogen) atoms. The molecule has 2 amide bonds. The number of hydrogen-bond acceptors (Lipinski definition) is 4. The van der Waals surface area contributed by atoms with Gasteiger partial charge in [0.1, 0.15) is 0 Å². The zero-order valence-electron chi connectivity index (χ0n) is 20.8. The summed E-state index contributed by atoms with van der Waals surface area (Å²) >= 11 is 1.26. The molecule has 5 rings (SSSR count). The van der Waals surface area contributed by atoms with Crippen LogP contribution in [0.15, 0.2) is 83.2 Å². The third kappa shape index (κ3) is 3.97. The van der Waals surface area contributed by atoms with Crippen molar-refractivity contribution in [2.45, 2.75) is 27.7 Å². The lowest BCUT2D eigenvalue weighted by Crippen LogP contribution is -2.30. The van der Waals surface area contributed by atoms with Gasteiger partial charge in [0, 0.05) is 12.1 Å². The van der Waals surface area contributed by atoms with Crippen LogP contribution in [-0.4, -0.2) is 23.5 Å². The topological polar surface area (TPSA) is 53.0 Å². The molecule has 1 fully saturated rings. The molecule has 0 aromatic heterocycles. The van der Waals surface area contributed by atoms with E-state index in [0.29, 0.717) is 22.2 Å². The number of aryl methyl sites for hydroxylation is 4. The van der Waals surface area contributed by atoms with Gasteiger partial charge in [-0.2, -0.15) is 0 Å². The van der Waals surface area contributed by atoms with Gasteiger partial charge in [0.05, 0.1) is 27.5 Å². The Hall–Kier alpha value is -3.90. The third-order valence-electron chi connectivity index (χ3n) is 6.41. The maximum Gasteiger partial charge on any atom is 0.272 e. The van der Waals surface area contributed by atoms with Crippen molar-refractivity contribution < 1.29 is 9.59 Å². The summed E-state index contributed by atoms with van der Waals surface area (Å²) in [5.41, 5.74) is 7.78. The predicted octanol–water partition coefficient (Wildman–Crippen LogP) is 6.63. The number of benzene rings is 3. The fraction of sp³-hybridized carbons (Fsp3) is 0.167. The monoisotopic (exact) mass is 493 g/mol. The van der Waals surface area contributed by atoms with E-state index >= 15 is 0 Å². The number of para-hydroxylation sites is 1. The molecule has 0 unspecified atom stereocenters. The number of nitrogens with zero attached hydrogens (tertiary/aromatic N) is 3. The van der Waals surface area contributed by atoms with Crippen LogP contribution in [0.2, 0.25) is 0 Å². The van der Waals surface area contributed by atoms with Crippen LogP contribution < -0.4 is 9.80 Å². The maximum absolute atomic E-state index is 14.1. The Bertz CT molecular complexity index is 1500. The lowest BCUT2D eigenvalue weighted by Gasteiger charge is -2.19. The lowest BCUT2D eigenvalue weighted by atomic mass is 10.1. The zero-order chi connectivity index (χ0) is 25.6. The van der Waals surface area contributed by atoms with Crippen LogP contribution in [0, 0.1) is 27.7 Å². The fourth-order valence-electron chi connectivity index (χ4n) is 4.71. The second-order valence-electron chi connectivity index (χ2n) is 9.14. The number of rotatable bonds is 4. The summed E-state index contributed by atoms with van der Waals surface area (Å²) < 4.78 is 0. The van der Waals surface area contributed by atoms with Crippen LogP contribution in [0.25, 0.3) is 5.57 Å². The van der Waals surface area contributed by atoms with E-state index in [4.69, 9.17) is 4.99 Å². The molecule has 0 radical (unpaired) electrons. The van der Waals surface area contributed by atoms with Gasteiger partial charge in [-0.3, -0.25) is 14.5 Å². The standard InChI is InChI=1S/C30H27N3O2S/c1-6-15-32-25-10-8-7-9-22(25)26(28(32)34)27-29(35)33(24-14-12-19(3)17-21(24)5)30(36-27)31-23-13-11-18(2)16-20(23)4/h6-14,16-17H,1,15H2,2-5H3/b27-26-,31-30?. The molecule has 180 valence electrons. The SMILES string of the molecule is C=CCN1C(=O)/C(=C2\SC(=Nc3ccc(C)cc3C)N(c3ccc(C)cc3C)C2=O)c2ccccc21. The van der Waals surface area contributed by atoms with Crippen LogP contribution in [0.3, 0.4) is 0 Å². The number of amidine groups is 1. The Balaban J connectivity index is 1.72. The summed E-state index contributed by atoms with van der Waals surface area (Å²) in [4.78, 5) is 36.3. The van der Waals surface area contributed by atoms with Crippen molar-refractivity contribution in [3.05, 3.63) is 106 Å². The molecule has 0 aliphatic carbocycles. The normalized spacial score (nSPS) is 18.4. The van der Waals surface area contributed by atoms with Crippen molar-refractivity contribution in [3.8, 4) is 0 Å². The molecule has 2 aliphatic rings. The van der Waals surface area contributed by atoms with Crippen molar-refractivity contribution in [1.29, 1.82) is 0 Å². The number of carbonyl (C=O) groups is 2. The highest BCUT2D eigenvalue weighted by Crippen LogP contribution is 2.46. The largest absolute Gasteiger partial charge is 0.304 e. The summed E-state index contributed by atoms with van der Waals surface area (Å²) in [6.45, 7) is 12.2. The quantitative estimate of drug-likeness (QED) is 0.303. The minimum atomic E-state index is -0.242. The van der Waals surface area contributed by atoms with Crippen LogP contribution in [0.4, 0.5) is 17.1 Å². The fourth-order valence-corrected chi connectivity index (χ4v) is 5.79. The van der Waals surface area contributed by atoms with Gasteiger partial charge >= 0.3 is 0 Å². The molecule has 6 heteroatoms. The van der Waals surface area contributed by atoms with E-state index in [2.05, 4.69) is 18.7 Å². The van der Waals surface area contributed by atoms with E-state index in [1.165, 1.54) is 11.8 Å². The number of anilines is 2. The van der Waals surface area contributed by atoms with E-state index in [0.717, 1.165) is 44.9 Å². The highest BCUT2D eigenvalue weighted by atomic mass is 32.2. The van der Waals surface area contributed by atoms with E-state index in [1.54, 1.807) is 15.9 Å². The van der Waals surface area contributed by atoms with Crippen molar-refractivity contribution in [1.82, 2.24) is 0 Å². The molecule has 0 bridgehead atoms. The van der Waals surface area contributed by atoms with Gasteiger partial charge < -0.3 is 4.90 Å². The second-order valence-corrected chi connectivity index (χ2v) is 10.1. The average Bonchev–Trinajstić information content (AvgIpc) is 3.29. The smallest absolute Gasteiger partial charge is 0.272 e. The number of fused-ring (bicyclic) bond motifs is 1. The van der Waals surface area contributed by atoms with Crippen LogP contribution in [-0.2, 0) is 9.59 Å². The zero-order valence-corrected chi connectivity index (χ0v) is 21.6. The Kier molecular flexibility index (Phi) is 6.14. The van der Waals surface area contributed by atoms with Crippen LogP contribution in [0.5, 0.6) is 0 Å². The molecular formula is C30H27N3O2S. The van der Waals surface area contributed by atoms with Gasteiger partial charge in [-0.05, 0) is 68.8 Å². The highest BCUT2D eigenvalue weighted by molar-refractivity contribution is 8.19. The van der Waals surface area contributed by atoms with Crippen LogP contribution >= 0.6 is 11.8 Å². The number of thioether (sulfide) groups is 1. The molecule has 0 spiro atoms. The summed E-state index contributed by atoms with van der Waals surface area (Å²) in [6, 6.07) is 19.6. The Morgan fingerprint density at radius 2 is 1.56 bits per heavy atom. The number of aliphatic imine (C=N–C) groups is 1. The summed E-state index contributed by atoms with van der Waals surface area (Å²) in [6.07, 6.45) is 1.70. The maximum atomic E-state index is 14.1. The van der Waals surface area contributed by atoms with Gasteiger partial charge in [-0.15, -0.1) is 6.58 Å². The first-order valence-corrected chi connectivity index (χ1v) is 12.6. The molecular weight excluding hydrogens is 466 g/mol.